The van der Waals surface area contributed by atoms with Gasteiger partial charge in [-0.15, -0.1) is 0 Å². The van der Waals surface area contributed by atoms with Gasteiger partial charge in [0.15, 0.2) is 0 Å². The first-order chi connectivity index (χ1) is 8.88. The van der Waals surface area contributed by atoms with Gasteiger partial charge in [-0.1, -0.05) is 31.2 Å². The van der Waals surface area contributed by atoms with E-state index in [1.165, 1.54) is 22.2 Å². The molecule has 18 heavy (non-hydrogen) atoms. The van der Waals surface area contributed by atoms with Gasteiger partial charge in [0.1, 0.15) is 0 Å². The number of allylic oxidation sites excluding steroid dienone is 2. The summed E-state index contributed by atoms with van der Waals surface area (Å²) in [5.74, 6) is 0. The number of rotatable bonds is 1. The fraction of sp³-hybridized carbons (Fsp3) is 0.188. The first-order valence-corrected chi connectivity index (χ1v) is 6.45. The predicted molar refractivity (Wildman–Crippen MR) is 74.6 cm³/mol. The molecule has 2 nitrogen and oxygen atoms in total. The van der Waals surface area contributed by atoms with Crippen LogP contribution in [0.25, 0.3) is 27.7 Å². The summed E-state index contributed by atoms with van der Waals surface area (Å²) in [6, 6.07) is 10.6. The summed E-state index contributed by atoms with van der Waals surface area (Å²) in [4.78, 5) is 4.82. The molecule has 0 spiro atoms. The third-order valence-electron chi connectivity index (χ3n) is 3.83. The summed E-state index contributed by atoms with van der Waals surface area (Å²) in [6.07, 6.45) is 5.57. The zero-order valence-corrected chi connectivity index (χ0v) is 10.4. The molecule has 88 valence electrons. The molecule has 4 rings (SSSR count). The summed E-state index contributed by atoms with van der Waals surface area (Å²) in [7, 11) is 0. The fourth-order valence-corrected chi connectivity index (χ4v) is 2.94. The van der Waals surface area contributed by atoms with E-state index in [9.17, 15) is 0 Å². The van der Waals surface area contributed by atoms with Gasteiger partial charge < -0.3 is 4.57 Å². The molecule has 0 N–H and O–H groups in total. The first kappa shape index (κ1) is 9.89. The van der Waals surface area contributed by atoms with Crippen LogP contribution in [0.3, 0.4) is 0 Å². The van der Waals surface area contributed by atoms with Crippen LogP contribution in [0.4, 0.5) is 0 Å². The van der Waals surface area contributed by atoms with E-state index in [2.05, 4.69) is 54.1 Å². The number of hydrogen-bond acceptors (Lipinski definition) is 1. The lowest BCUT2D eigenvalue weighted by molar-refractivity contribution is 0.827. The van der Waals surface area contributed by atoms with E-state index in [4.69, 9.17) is 4.98 Å². The molecule has 0 aliphatic carbocycles. The molecule has 1 aromatic carbocycles. The van der Waals surface area contributed by atoms with Crippen LogP contribution in [-0.2, 0) is 6.54 Å². The van der Waals surface area contributed by atoms with E-state index in [-0.39, 0.29) is 0 Å². The molecule has 0 saturated carbocycles. The smallest absolute Gasteiger partial charge is 0.0956 e. The van der Waals surface area contributed by atoms with Crippen molar-refractivity contribution >= 4 is 16.5 Å². The molecule has 3 aliphatic heterocycles. The normalized spacial score (nSPS) is 14.2. The minimum atomic E-state index is 0.984. The SMILES string of the molecule is CCC1=CCn2ccc3c4ccccc4nc-3c21. The molecular weight excluding hydrogens is 220 g/mol. The van der Waals surface area contributed by atoms with E-state index >= 15 is 0 Å². The molecule has 0 saturated heterocycles. The van der Waals surface area contributed by atoms with E-state index in [0.717, 1.165) is 24.2 Å². The molecule has 3 heterocycles. The Morgan fingerprint density at radius 2 is 2.11 bits per heavy atom. The fourth-order valence-electron chi connectivity index (χ4n) is 2.94. The van der Waals surface area contributed by atoms with E-state index < -0.39 is 0 Å². The average molecular weight is 234 g/mol. The minimum absolute atomic E-state index is 0.984. The third kappa shape index (κ3) is 1.15. The maximum atomic E-state index is 4.82. The van der Waals surface area contributed by atoms with Gasteiger partial charge in [-0.2, -0.15) is 0 Å². The van der Waals surface area contributed by atoms with Gasteiger partial charge >= 0.3 is 0 Å². The zero-order chi connectivity index (χ0) is 12.1. The number of aromatic nitrogens is 2. The second-order valence-electron chi connectivity index (χ2n) is 4.79. The highest BCUT2D eigenvalue weighted by atomic mass is 15.0. The van der Waals surface area contributed by atoms with Crippen LogP contribution < -0.4 is 0 Å². The third-order valence-corrected chi connectivity index (χ3v) is 3.83. The molecule has 3 aliphatic rings. The van der Waals surface area contributed by atoms with Crippen LogP contribution in [0, 0.1) is 0 Å². The van der Waals surface area contributed by atoms with Crippen LogP contribution in [0.2, 0.25) is 0 Å². The summed E-state index contributed by atoms with van der Waals surface area (Å²) in [5, 5.41) is 1.26. The Morgan fingerprint density at radius 1 is 1.22 bits per heavy atom. The van der Waals surface area contributed by atoms with Crippen molar-refractivity contribution in [3.8, 4) is 11.3 Å². The number of fused-ring (bicyclic) bond motifs is 5. The van der Waals surface area contributed by atoms with Crippen LogP contribution in [-0.4, -0.2) is 9.55 Å². The Labute approximate surface area is 106 Å². The van der Waals surface area contributed by atoms with Crippen molar-refractivity contribution in [2.75, 3.05) is 0 Å². The largest absolute Gasteiger partial charge is 0.342 e. The highest BCUT2D eigenvalue weighted by Crippen LogP contribution is 2.38. The molecule has 0 radical (unpaired) electrons. The van der Waals surface area contributed by atoms with Crippen LogP contribution in [0.1, 0.15) is 19.0 Å². The number of pyridine rings is 1. The monoisotopic (exact) mass is 234 g/mol. The molecule has 2 heteroatoms. The standard InChI is InChI=1S/C16H14N2/c1-2-11-7-9-18-10-8-13-12-5-3-4-6-14(12)17-15(13)16(11)18/h3-8,10H,2,9H2,1H3. The molecule has 0 atom stereocenters. The van der Waals surface area contributed by atoms with Gasteiger partial charge in [0, 0.05) is 23.7 Å². The lowest BCUT2D eigenvalue weighted by Gasteiger charge is -2.11. The molecular formula is C16H14N2. The maximum absolute atomic E-state index is 4.82. The van der Waals surface area contributed by atoms with Crippen molar-refractivity contribution in [2.24, 2.45) is 0 Å². The average Bonchev–Trinajstić information content (AvgIpc) is 2.98. The van der Waals surface area contributed by atoms with E-state index in [1.54, 1.807) is 0 Å². The molecule has 0 unspecified atom stereocenters. The Kier molecular flexibility index (Phi) is 1.90. The number of nitrogens with zero attached hydrogens (tertiary/aromatic N) is 2. The summed E-state index contributed by atoms with van der Waals surface area (Å²) in [5.41, 5.74) is 6.26. The summed E-state index contributed by atoms with van der Waals surface area (Å²) >= 11 is 0. The van der Waals surface area contributed by atoms with Crippen molar-refractivity contribution in [1.82, 2.24) is 9.55 Å². The van der Waals surface area contributed by atoms with Crippen LogP contribution in [0.15, 0.2) is 42.6 Å². The number of para-hydroxylation sites is 1. The van der Waals surface area contributed by atoms with Gasteiger partial charge in [-0.25, -0.2) is 4.98 Å². The Hall–Kier alpha value is -2.09. The minimum Gasteiger partial charge on any atom is -0.342 e. The second-order valence-corrected chi connectivity index (χ2v) is 4.79. The van der Waals surface area contributed by atoms with Crippen molar-refractivity contribution < 1.29 is 0 Å². The summed E-state index contributed by atoms with van der Waals surface area (Å²) in [6.45, 7) is 3.20. The van der Waals surface area contributed by atoms with E-state index in [0.29, 0.717) is 0 Å². The Morgan fingerprint density at radius 3 is 3.00 bits per heavy atom. The van der Waals surface area contributed by atoms with Gasteiger partial charge in [-0.05, 0) is 24.1 Å². The van der Waals surface area contributed by atoms with Gasteiger partial charge in [0.25, 0.3) is 0 Å². The molecule has 0 aromatic heterocycles. The van der Waals surface area contributed by atoms with Gasteiger partial charge in [0.2, 0.25) is 0 Å². The second kappa shape index (κ2) is 3.45. The summed E-state index contributed by atoms with van der Waals surface area (Å²) < 4.78 is 2.30. The van der Waals surface area contributed by atoms with Crippen molar-refractivity contribution in [2.45, 2.75) is 19.9 Å². The lowest BCUT2D eigenvalue weighted by Crippen LogP contribution is -2.00. The lowest BCUT2D eigenvalue weighted by atomic mass is 10.0. The number of hydrogen-bond donors (Lipinski definition) is 0. The van der Waals surface area contributed by atoms with Crippen molar-refractivity contribution in [3.63, 3.8) is 0 Å². The quantitative estimate of drug-likeness (QED) is 0.623. The Balaban J connectivity index is 2.12. The Bertz CT molecular complexity index is 749. The van der Waals surface area contributed by atoms with Crippen LogP contribution in [0.5, 0.6) is 0 Å². The molecule has 0 fully saturated rings. The predicted octanol–water partition coefficient (Wildman–Crippen LogP) is 3.95. The topological polar surface area (TPSA) is 17.8 Å². The number of benzene rings is 1. The van der Waals surface area contributed by atoms with Crippen molar-refractivity contribution in [3.05, 3.63) is 48.3 Å². The maximum Gasteiger partial charge on any atom is 0.0956 e. The van der Waals surface area contributed by atoms with Gasteiger partial charge in [-0.3, -0.25) is 0 Å². The van der Waals surface area contributed by atoms with Crippen LogP contribution >= 0.6 is 0 Å². The highest BCUT2D eigenvalue weighted by Gasteiger charge is 2.22. The highest BCUT2D eigenvalue weighted by molar-refractivity contribution is 6.00. The van der Waals surface area contributed by atoms with Gasteiger partial charge in [0.05, 0.1) is 16.9 Å². The van der Waals surface area contributed by atoms with E-state index in [1.807, 2.05) is 0 Å². The van der Waals surface area contributed by atoms with Crippen molar-refractivity contribution in [1.29, 1.82) is 0 Å². The molecule has 0 bridgehead atoms. The zero-order valence-electron chi connectivity index (χ0n) is 10.4. The molecule has 1 aromatic rings. The first-order valence-electron chi connectivity index (χ1n) is 6.45. The molecule has 0 amide bonds.